The summed E-state index contributed by atoms with van der Waals surface area (Å²) in [5, 5.41) is 0.834. The second-order valence-electron chi connectivity index (χ2n) is 7.69. The Labute approximate surface area is 184 Å². The molecule has 3 aromatic rings. The molecule has 0 saturated carbocycles. The zero-order chi connectivity index (χ0) is 23.2. The van der Waals surface area contributed by atoms with Crippen molar-refractivity contribution in [3.8, 4) is 5.75 Å². The number of hydrogen-bond acceptors (Lipinski definition) is 8. The molecule has 8 heteroatoms. The second kappa shape index (κ2) is 8.03. The number of benzene rings is 2. The fourth-order valence-electron chi connectivity index (χ4n) is 3.97. The van der Waals surface area contributed by atoms with Crippen LogP contribution >= 0.6 is 0 Å². The summed E-state index contributed by atoms with van der Waals surface area (Å²) in [4.78, 5) is 38.4. The lowest BCUT2D eigenvalue weighted by molar-refractivity contribution is 0.0587. The minimum Gasteiger partial charge on any atom is -0.472 e. The molecule has 166 valence electrons. The highest BCUT2D eigenvalue weighted by atomic mass is 16.5. The predicted molar refractivity (Wildman–Crippen MR) is 117 cm³/mol. The Hall–Kier alpha value is -3.81. The van der Waals surface area contributed by atoms with E-state index in [1.807, 2.05) is 24.8 Å². The lowest BCUT2D eigenvalue weighted by Gasteiger charge is -2.33. The molecule has 8 nitrogen and oxygen atoms in total. The van der Waals surface area contributed by atoms with Crippen LogP contribution in [-0.2, 0) is 16.0 Å². The van der Waals surface area contributed by atoms with Crippen LogP contribution in [0.5, 0.6) is 5.75 Å². The number of esters is 2. The minimum absolute atomic E-state index is 0.128. The van der Waals surface area contributed by atoms with Gasteiger partial charge in [-0.2, -0.15) is 0 Å². The summed E-state index contributed by atoms with van der Waals surface area (Å²) >= 11 is 0. The molecule has 0 amide bonds. The third-order valence-corrected chi connectivity index (χ3v) is 5.89. The molecule has 0 atom stereocenters. The summed E-state index contributed by atoms with van der Waals surface area (Å²) in [6.07, 6.45) is 0. The van der Waals surface area contributed by atoms with E-state index in [9.17, 15) is 14.4 Å². The summed E-state index contributed by atoms with van der Waals surface area (Å²) in [7, 11) is 2.60. The molecule has 0 bridgehead atoms. The van der Waals surface area contributed by atoms with Gasteiger partial charge in [-0.05, 0) is 50.6 Å². The van der Waals surface area contributed by atoms with Gasteiger partial charge in [0.1, 0.15) is 11.3 Å². The van der Waals surface area contributed by atoms with Gasteiger partial charge in [-0.25, -0.2) is 14.4 Å². The third-order valence-electron chi connectivity index (χ3n) is 5.89. The number of rotatable bonds is 3. The molecule has 32 heavy (non-hydrogen) atoms. The normalized spacial score (nSPS) is 12.8. The predicted octanol–water partition coefficient (Wildman–Crippen LogP) is 3.65. The van der Waals surface area contributed by atoms with Crippen LogP contribution in [0.25, 0.3) is 11.0 Å². The lowest BCUT2D eigenvalue weighted by atomic mass is 9.98. The van der Waals surface area contributed by atoms with Gasteiger partial charge in [0, 0.05) is 28.6 Å². The van der Waals surface area contributed by atoms with E-state index in [2.05, 4.69) is 0 Å². The number of carbonyl (C=O) groups is 2. The van der Waals surface area contributed by atoms with Gasteiger partial charge in [0.05, 0.1) is 31.0 Å². The molecule has 1 aliphatic heterocycles. The van der Waals surface area contributed by atoms with Gasteiger partial charge in [0.2, 0.25) is 0 Å². The maximum atomic E-state index is 12.4. The molecular formula is C24H23NO7. The molecule has 0 N–H and O–H groups in total. The van der Waals surface area contributed by atoms with E-state index in [0.29, 0.717) is 40.3 Å². The van der Waals surface area contributed by atoms with Gasteiger partial charge in [-0.3, -0.25) is 0 Å². The first kappa shape index (κ1) is 21.4. The Morgan fingerprint density at radius 2 is 1.69 bits per heavy atom. The first-order valence-electron chi connectivity index (χ1n) is 10.0. The van der Waals surface area contributed by atoms with E-state index >= 15 is 0 Å². The van der Waals surface area contributed by atoms with Crippen molar-refractivity contribution in [3.05, 3.63) is 68.1 Å². The van der Waals surface area contributed by atoms with E-state index < -0.39 is 11.9 Å². The molecule has 2 aromatic carbocycles. The van der Waals surface area contributed by atoms with Crippen LogP contribution in [-0.4, -0.2) is 32.9 Å². The van der Waals surface area contributed by atoms with Crippen molar-refractivity contribution in [2.75, 3.05) is 25.9 Å². The Kier molecular flexibility index (Phi) is 5.38. The smallest absolute Gasteiger partial charge is 0.339 e. The number of carbonyl (C=O) groups excluding carboxylic acids is 2. The van der Waals surface area contributed by atoms with Crippen molar-refractivity contribution >= 4 is 28.6 Å². The Bertz CT molecular complexity index is 1320. The third kappa shape index (κ3) is 3.37. The Balaban J connectivity index is 1.84. The quantitative estimate of drug-likeness (QED) is 0.453. The highest BCUT2D eigenvalue weighted by Gasteiger charge is 2.27. The van der Waals surface area contributed by atoms with Crippen LogP contribution in [0.4, 0.5) is 5.69 Å². The number of nitrogens with zero attached hydrogens (tertiary/aromatic N) is 1. The molecule has 0 fully saturated rings. The van der Waals surface area contributed by atoms with Gasteiger partial charge in [0.15, 0.2) is 6.73 Å². The number of methoxy groups -OCH3 is 2. The molecule has 1 aromatic heterocycles. The summed E-state index contributed by atoms with van der Waals surface area (Å²) in [5.41, 5.74) is 4.28. The summed E-state index contributed by atoms with van der Waals surface area (Å²) in [6, 6.07) is 6.59. The number of ether oxygens (including phenoxy) is 3. The monoisotopic (exact) mass is 437 g/mol. The van der Waals surface area contributed by atoms with Crippen molar-refractivity contribution in [3.63, 3.8) is 0 Å². The largest absolute Gasteiger partial charge is 0.472 e. The topological polar surface area (TPSA) is 95.3 Å². The second-order valence-corrected chi connectivity index (χ2v) is 7.69. The van der Waals surface area contributed by atoms with Crippen molar-refractivity contribution in [2.24, 2.45) is 0 Å². The molecule has 0 saturated heterocycles. The average molecular weight is 437 g/mol. The molecule has 0 unspecified atom stereocenters. The summed E-state index contributed by atoms with van der Waals surface area (Å²) < 4.78 is 21.3. The summed E-state index contributed by atoms with van der Waals surface area (Å²) in [6.45, 7) is 6.02. The van der Waals surface area contributed by atoms with Gasteiger partial charge in [-0.1, -0.05) is 0 Å². The number of hydrogen-bond donors (Lipinski definition) is 0. The molecular weight excluding hydrogens is 414 g/mol. The van der Waals surface area contributed by atoms with E-state index in [1.165, 1.54) is 26.4 Å². The summed E-state index contributed by atoms with van der Waals surface area (Å²) in [5.74, 6) is -0.391. The SMILES string of the molecule is COC(=O)c1ccc(C(=O)OC)c(N2COc3c(cc4c(C)c(C)c(=O)oc4c3C)C2)c1. The molecule has 0 radical (unpaired) electrons. The molecule has 2 heterocycles. The number of aryl methyl sites for hydroxylation is 2. The van der Waals surface area contributed by atoms with Crippen LogP contribution in [0.3, 0.4) is 0 Å². The molecule has 0 spiro atoms. The molecule has 1 aliphatic rings. The van der Waals surface area contributed by atoms with Crippen LogP contribution < -0.4 is 15.3 Å². The number of anilines is 1. The highest BCUT2D eigenvalue weighted by molar-refractivity contribution is 5.99. The first-order chi connectivity index (χ1) is 15.3. The zero-order valence-corrected chi connectivity index (χ0v) is 18.5. The van der Waals surface area contributed by atoms with Crippen LogP contribution in [0, 0.1) is 20.8 Å². The van der Waals surface area contributed by atoms with Gasteiger partial charge >= 0.3 is 17.6 Å². The van der Waals surface area contributed by atoms with Gasteiger partial charge in [-0.15, -0.1) is 0 Å². The fourth-order valence-corrected chi connectivity index (χ4v) is 3.97. The van der Waals surface area contributed by atoms with Crippen LogP contribution in [0.15, 0.2) is 33.5 Å². The van der Waals surface area contributed by atoms with E-state index in [4.69, 9.17) is 18.6 Å². The van der Waals surface area contributed by atoms with Crippen molar-refractivity contribution < 1.29 is 28.2 Å². The zero-order valence-electron chi connectivity index (χ0n) is 18.5. The standard InChI is InChI=1S/C24H23NO7/c1-12-13(2)22(26)32-21-14(3)20-16(8-18(12)21)10-25(11-31-20)19-9-15(23(27)29-4)6-7-17(19)24(28)30-5/h6-9H,10-11H2,1-5H3. The molecule has 4 rings (SSSR count). The average Bonchev–Trinajstić information content (AvgIpc) is 2.81. The number of fused-ring (bicyclic) bond motifs is 2. The van der Waals surface area contributed by atoms with E-state index in [-0.39, 0.29) is 12.4 Å². The maximum Gasteiger partial charge on any atom is 0.339 e. The fraction of sp³-hybridized carbons (Fsp3) is 0.292. The lowest BCUT2D eigenvalue weighted by Crippen LogP contribution is -2.33. The van der Waals surface area contributed by atoms with Gasteiger partial charge < -0.3 is 23.5 Å². The van der Waals surface area contributed by atoms with E-state index in [1.54, 1.807) is 13.0 Å². The van der Waals surface area contributed by atoms with Crippen molar-refractivity contribution in [2.45, 2.75) is 27.3 Å². The highest BCUT2D eigenvalue weighted by Crippen LogP contribution is 2.38. The van der Waals surface area contributed by atoms with Crippen LogP contribution in [0.2, 0.25) is 0 Å². The van der Waals surface area contributed by atoms with Gasteiger partial charge in [0.25, 0.3) is 0 Å². The maximum absolute atomic E-state index is 12.4. The van der Waals surface area contributed by atoms with Crippen molar-refractivity contribution in [1.29, 1.82) is 0 Å². The molecule has 0 aliphatic carbocycles. The Morgan fingerprint density at radius 1 is 0.969 bits per heavy atom. The Morgan fingerprint density at radius 3 is 2.38 bits per heavy atom. The van der Waals surface area contributed by atoms with Crippen LogP contribution in [0.1, 0.15) is 43.0 Å². The van der Waals surface area contributed by atoms with Crippen molar-refractivity contribution in [1.82, 2.24) is 0 Å². The minimum atomic E-state index is -0.523. The first-order valence-corrected chi connectivity index (χ1v) is 10.0. The van der Waals surface area contributed by atoms with E-state index in [0.717, 1.165) is 22.1 Å².